The predicted octanol–water partition coefficient (Wildman–Crippen LogP) is 9.18. The monoisotopic (exact) mass is 955 g/mol. The Morgan fingerprint density at radius 2 is 1.77 bits per heavy atom. The van der Waals surface area contributed by atoms with E-state index in [9.17, 15) is 32.3 Å². The van der Waals surface area contributed by atoms with Crippen molar-refractivity contribution < 1.29 is 31.9 Å². The van der Waals surface area contributed by atoms with E-state index in [1.807, 2.05) is 18.2 Å². The van der Waals surface area contributed by atoms with Crippen LogP contribution in [0.1, 0.15) is 80.8 Å². The predicted molar refractivity (Wildman–Crippen MR) is 257 cm³/mol. The molecule has 66 heavy (non-hydrogen) atoms. The molecule has 2 aliphatic heterocycles. The van der Waals surface area contributed by atoms with Gasteiger partial charge in [0, 0.05) is 91.1 Å². The van der Waals surface area contributed by atoms with Crippen LogP contribution in [-0.2, 0) is 31.0 Å². The molecule has 2 N–H and O–H groups in total. The highest BCUT2D eigenvalue weighted by atomic mass is 35.5. The van der Waals surface area contributed by atoms with Crippen LogP contribution in [0.3, 0.4) is 0 Å². The number of H-pyrrole nitrogens is 1. The zero-order valence-electron chi connectivity index (χ0n) is 37.3. The number of fused-ring (bicyclic) bond motifs is 1. The molecule has 0 spiro atoms. The van der Waals surface area contributed by atoms with Crippen molar-refractivity contribution >= 4 is 71.1 Å². The van der Waals surface area contributed by atoms with E-state index in [4.69, 9.17) is 16.3 Å². The molecule has 18 heteroatoms. The molecule has 1 aliphatic carbocycles. The first kappa shape index (κ1) is 46.9. The highest BCUT2D eigenvalue weighted by molar-refractivity contribution is 7.93. The first-order valence-electron chi connectivity index (χ1n) is 22.2. The third-order valence-corrected chi connectivity index (χ3v) is 16.9. The Labute approximate surface area is 390 Å². The van der Waals surface area contributed by atoms with Gasteiger partial charge in [0.05, 0.1) is 31.3 Å². The average Bonchev–Trinajstić information content (AvgIpc) is 3.75. The third-order valence-electron chi connectivity index (χ3n) is 12.9. The molecule has 3 aromatic carbocycles. The number of aryl methyl sites for hydroxylation is 1. The van der Waals surface area contributed by atoms with Crippen LogP contribution >= 0.6 is 11.6 Å². The largest absolute Gasteiger partial charge is 0.455 e. The van der Waals surface area contributed by atoms with E-state index in [2.05, 4.69) is 54.8 Å². The summed E-state index contributed by atoms with van der Waals surface area (Å²) in [4.78, 5) is 48.7. The second-order valence-corrected chi connectivity index (χ2v) is 23.0. The Bertz CT molecular complexity index is 2940. The highest BCUT2D eigenvalue weighted by Crippen LogP contribution is 2.43. The Morgan fingerprint density at radius 1 is 1.03 bits per heavy atom. The number of sulfonamides is 1. The number of hydrogen-bond acceptors (Lipinski definition) is 11. The number of nitrogens with one attached hydrogen (secondary N) is 2. The fraction of sp³-hybridized carbons (Fsp3) is 0.396. The average molecular weight is 957 g/mol. The number of aromatic nitrogens is 2. The maximum Gasteiger partial charge on any atom is 0.273 e. The fourth-order valence-electron chi connectivity index (χ4n) is 9.23. The van der Waals surface area contributed by atoms with Crippen molar-refractivity contribution in [3.63, 3.8) is 0 Å². The zero-order valence-corrected chi connectivity index (χ0v) is 39.6. The molecule has 2 fully saturated rings. The van der Waals surface area contributed by atoms with Gasteiger partial charge in [-0.2, -0.15) is 4.36 Å². The Morgan fingerprint density at radius 3 is 2.48 bits per heavy atom. The molecule has 2 aromatic heterocycles. The number of pyridine rings is 1. The van der Waals surface area contributed by atoms with Gasteiger partial charge >= 0.3 is 0 Å². The van der Waals surface area contributed by atoms with E-state index in [0.717, 1.165) is 61.1 Å². The number of amides is 2. The lowest BCUT2D eigenvalue weighted by molar-refractivity contribution is -0.385. The molecule has 5 aromatic rings. The smallest absolute Gasteiger partial charge is 0.273 e. The topological polar surface area (TPSA) is 197 Å². The Balaban J connectivity index is 0.982. The molecule has 2 amide bonds. The molecule has 8 rings (SSSR count). The summed E-state index contributed by atoms with van der Waals surface area (Å²) in [5.74, 6) is -0.316. The van der Waals surface area contributed by atoms with Gasteiger partial charge in [-0.25, -0.2) is 22.3 Å². The van der Waals surface area contributed by atoms with Crippen LogP contribution in [0, 0.1) is 21.4 Å². The first-order chi connectivity index (χ1) is 31.4. The van der Waals surface area contributed by atoms with Gasteiger partial charge in [0.1, 0.15) is 17.1 Å². The summed E-state index contributed by atoms with van der Waals surface area (Å²) in [6.07, 6.45) is 8.38. The number of nitro groups is 1. The fourth-order valence-corrected chi connectivity index (χ4v) is 12.6. The van der Waals surface area contributed by atoms with Gasteiger partial charge in [-0.05, 0) is 110 Å². The lowest BCUT2D eigenvalue weighted by Crippen LogP contribution is -2.47. The SMILES string of the molecule is CC(=O)N=S1(=O)CCC(CCc2ccc(S(=O)(=O)NC(=O)c3ccc(N4CCN(CC5=C(c6ccc(Cl)cc6)CC(C)(C)CC5)CC4)cc3Oc3cnc4[nH]ccc4c3)cc2[N+](=O)[O-])CC1. The Hall–Kier alpha value is -5.62. The minimum atomic E-state index is -4.60. The number of nitrogens with zero attached hydrogens (tertiary/aromatic N) is 5. The van der Waals surface area contributed by atoms with E-state index in [1.54, 1.807) is 24.4 Å². The molecule has 2 saturated heterocycles. The summed E-state index contributed by atoms with van der Waals surface area (Å²) < 4.78 is 52.6. The summed E-state index contributed by atoms with van der Waals surface area (Å²) in [6, 6.07) is 20.4. The second kappa shape index (κ2) is 19.3. The van der Waals surface area contributed by atoms with Crippen LogP contribution in [0.5, 0.6) is 11.5 Å². The van der Waals surface area contributed by atoms with E-state index < -0.39 is 41.4 Å². The quantitative estimate of drug-likeness (QED) is 0.0843. The van der Waals surface area contributed by atoms with Gasteiger partial charge in [0.25, 0.3) is 27.5 Å². The molecule has 0 atom stereocenters. The second-order valence-electron chi connectivity index (χ2n) is 18.3. The van der Waals surface area contributed by atoms with Gasteiger partial charge in [-0.3, -0.25) is 24.6 Å². The molecule has 348 valence electrons. The molecule has 0 unspecified atom stereocenters. The van der Waals surface area contributed by atoms with Crippen LogP contribution in [0.15, 0.2) is 100 Å². The van der Waals surface area contributed by atoms with Crippen LogP contribution in [-0.4, -0.2) is 88.5 Å². The number of carbonyl (C=O) groups excluding carboxylic acids is 2. The molecule has 4 heterocycles. The molecule has 0 saturated carbocycles. The van der Waals surface area contributed by atoms with Crippen molar-refractivity contribution in [2.75, 3.05) is 49.1 Å². The zero-order chi connectivity index (χ0) is 46.8. The van der Waals surface area contributed by atoms with Crippen molar-refractivity contribution in [1.29, 1.82) is 0 Å². The minimum Gasteiger partial charge on any atom is -0.455 e. The highest BCUT2D eigenvalue weighted by Gasteiger charge is 2.31. The van der Waals surface area contributed by atoms with E-state index in [-0.39, 0.29) is 46.3 Å². The van der Waals surface area contributed by atoms with E-state index >= 15 is 0 Å². The van der Waals surface area contributed by atoms with Gasteiger partial charge in [-0.1, -0.05) is 49.2 Å². The molecule has 0 bridgehead atoms. The van der Waals surface area contributed by atoms with Crippen LogP contribution in [0.2, 0.25) is 5.02 Å². The van der Waals surface area contributed by atoms with Crippen LogP contribution in [0.25, 0.3) is 16.6 Å². The Kier molecular flexibility index (Phi) is 13.7. The van der Waals surface area contributed by atoms with E-state index in [1.165, 1.54) is 48.0 Å². The van der Waals surface area contributed by atoms with Crippen molar-refractivity contribution in [2.24, 2.45) is 15.7 Å². The molecule has 0 radical (unpaired) electrons. The van der Waals surface area contributed by atoms with E-state index in [0.29, 0.717) is 49.3 Å². The third kappa shape index (κ3) is 11.1. The number of benzene rings is 3. The van der Waals surface area contributed by atoms with Crippen molar-refractivity contribution in [1.82, 2.24) is 19.6 Å². The number of anilines is 1. The number of aromatic amines is 1. The standard InChI is InChI=1S/C48H54ClN7O8S2/c1-32(57)52-65(61)24-16-33(17-25-65)4-5-35-8-12-41(28-44(35)56(59)60)66(62,63)53-47(58)42-13-11-39(27-45(42)64-40-26-36-15-19-50-46(36)51-30-40)55-22-20-54(21-23-55)31-37-14-18-48(2,3)29-43(37)34-6-9-38(49)10-7-34/h6-13,15,19,26-28,30,33H,4-5,14,16-18,20-25,29,31H2,1-3H3,(H,50,51)(H,53,58). The number of rotatable bonds is 13. The maximum atomic E-state index is 14.0. The molecule has 3 aliphatic rings. The summed E-state index contributed by atoms with van der Waals surface area (Å²) in [7, 11) is -7.18. The van der Waals surface area contributed by atoms with Crippen LogP contribution < -0.4 is 14.4 Å². The van der Waals surface area contributed by atoms with Crippen LogP contribution in [0.4, 0.5) is 11.4 Å². The van der Waals surface area contributed by atoms with Gasteiger partial charge in [-0.15, -0.1) is 0 Å². The molecular weight excluding hydrogens is 902 g/mol. The number of nitro benzene ring substituents is 1. The minimum absolute atomic E-state index is 0.0596. The summed E-state index contributed by atoms with van der Waals surface area (Å²) in [5, 5.41) is 13.7. The lowest BCUT2D eigenvalue weighted by atomic mass is 9.72. The van der Waals surface area contributed by atoms with Gasteiger partial charge in [0.2, 0.25) is 0 Å². The number of ether oxygens (including phenoxy) is 1. The van der Waals surface area contributed by atoms with Crippen molar-refractivity contribution in [3.05, 3.63) is 123 Å². The number of hydrogen-bond donors (Lipinski definition) is 2. The lowest BCUT2D eigenvalue weighted by Gasteiger charge is -2.39. The number of carbonyl (C=O) groups is 2. The number of halogens is 1. The van der Waals surface area contributed by atoms with Crippen molar-refractivity contribution in [3.8, 4) is 11.5 Å². The van der Waals surface area contributed by atoms with Gasteiger partial charge in [0.15, 0.2) is 0 Å². The summed E-state index contributed by atoms with van der Waals surface area (Å²) in [6.45, 7) is 9.82. The molecule has 15 nitrogen and oxygen atoms in total. The first-order valence-corrected chi connectivity index (χ1v) is 25.9. The molecular formula is C48H54ClN7O8S2. The van der Waals surface area contributed by atoms with Gasteiger partial charge < -0.3 is 14.6 Å². The van der Waals surface area contributed by atoms with Crippen molar-refractivity contribution in [2.45, 2.75) is 70.6 Å². The maximum absolute atomic E-state index is 14.0. The normalized spacial score (nSPS) is 20.2. The summed E-state index contributed by atoms with van der Waals surface area (Å²) >= 11 is 6.24. The number of piperazine rings is 1. The summed E-state index contributed by atoms with van der Waals surface area (Å²) in [5.41, 5.74) is 5.61. The number of allylic oxidation sites excluding steroid dienone is 1.